The van der Waals surface area contributed by atoms with Crippen molar-refractivity contribution in [2.45, 2.75) is 82.1 Å². The molecule has 0 bridgehead atoms. The van der Waals surface area contributed by atoms with Gasteiger partial charge in [-0.3, -0.25) is 4.68 Å². The van der Waals surface area contributed by atoms with Gasteiger partial charge in [0.05, 0.1) is 29.8 Å². The van der Waals surface area contributed by atoms with Crippen LogP contribution in [0.4, 0.5) is 0 Å². The Balaban J connectivity index is 1.28. The van der Waals surface area contributed by atoms with Crippen LogP contribution in [-0.4, -0.2) is 30.6 Å². The highest BCUT2D eigenvalue weighted by Crippen LogP contribution is 2.43. The zero-order chi connectivity index (χ0) is 21.7. The van der Waals surface area contributed by atoms with E-state index < -0.39 is 5.97 Å². The smallest absolute Gasteiger partial charge is 0.339 e. The lowest BCUT2D eigenvalue weighted by molar-refractivity contribution is 0.0695. The Labute approximate surface area is 188 Å². The monoisotopic (exact) mass is 430 g/mol. The summed E-state index contributed by atoms with van der Waals surface area (Å²) in [7, 11) is 0. The molecule has 1 N–H and O–H groups in total. The first kappa shape index (κ1) is 19.8. The number of carboxylic acid groups (broad SMARTS) is 1. The van der Waals surface area contributed by atoms with Gasteiger partial charge in [-0.25, -0.2) is 9.48 Å². The van der Waals surface area contributed by atoms with Crippen molar-refractivity contribution in [3.8, 4) is 5.69 Å². The third kappa shape index (κ3) is 3.46. The van der Waals surface area contributed by atoms with Gasteiger partial charge in [-0.05, 0) is 87.0 Å². The number of carbonyl (C=O) groups is 1. The summed E-state index contributed by atoms with van der Waals surface area (Å²) >= 11 is 0. The minimum atomic E-state index is -0.882. The SMILES string of the molecule is O=C(O)c1cnn(-c2cccc(C3CCCC(n4ncc5c4CCCC5)C3)c2)c1C1CC1. The van der Waals surface area contributed by atoms with Gasteiger partial charge in [0.1, 0.15) is 5.56 Å². The summed E-state index contributed by atoms with van der Waals surface area (Å²) in [6.07, 6.45) is 15.4. The third-order valence-electron chi connectivity index (χ3n) is 7.67. The largest absolute Gasteiger partial charge is 0.478 e. The first-order valence-corrected chi connectivity index (χ1v) is 12.2. The molecule has 6 nitrogen and oxygen atoms in total. The fourth-order valence-corrected chi connectivity index (χ4v) is 5.91. The van der Waals surface area contributed by atoms with Crippen LogP contribution in [0.1, 0.15) is 102 Å². The molecule has 6 rings (SSSR count). The first-order chi connectivity index (χ1) is 15.7. The van der Waals surface area contributed by atoms with E-state index in [1.54, 1.807) is 0 Å². The molecule has 1 aromatic carbocycles. The van der Waals surface area contributed by atoms with Crippen molar-refractivity contribution in [1.82, 2.24) is 19.6 Å². The third-order valence-corrected chi connectivity index (χ3v) is 7.67. The van der Waals surface area contributed by atoms with Crippen LogP contribution < -0.4 is 0 Å². The molecule has 2 unspecified atom stereocenters. The van der Waals surface area contributed by atoms with E-state index in [-0.39, 0.29) is 0 Å². The van der Waals surface area contributed by atoms with Crippen LogP contribution in [0.25, 0.3) is 5.69 Å². The fraction of sp³-hybridized carbons (Fsp3) is 0.500. The lowest BCUT2D eigenvalue weighted by atomic mass is 9.81. The topological polar surface area (TPSA) is 72.9 Å². The molecule has 2 aromatic heterocycles. The summed E-state index contributed by atoms with van der Waals surface area (Å²) in [4.78, 5) is 11.7. The summed E-state index contributed by atoms with van der Waals surface area (Å²) in [5.74, 6) is -0.0692. The molecular formula is C26H30N4O2. The lowest BCUT2D eigenvalue weighted by Crippen LogP contribution is -2.22. The summed E-state index contributed by atoms with van der Waals surface area (Å²) in [5.41, 5.74) is 6.46. The molecule has 3 aliphatic rings. The quantitative estimate of drug-likeness (QED) is 0.586. The Morgan fingerprint density at radius 2 is 1.84 bits per heavy atom. The maximum absolute atomic E-state index is 11.7. The van der Waals surface area contributed by atoms with Crippen LogP contribution in [0, 0.1) is 0 Å². The Bertz CT molecular complexity index is 1160. The number of nitrogens with zero attached hydrogens (tertiary/aromatic N) is 4. The number of aryl methyl sites for hydroxylation is 1. The molecule has 2 atom stereocenters. The highest BCUT2D eigenvalue weighted by Gasteiger charge is 2.33. The van der Waals surface area contributed by atoms with Crippen LogP contribution in [0.3, 0.4) is 0 Å². The molecule has 2 heterocycles. The van der Waals surface area contributed by atoms with Crippen molar-refractivity contribution in [1.29, 1.82) is 0 Å². The fourth-order valence-electron chi connectivity index (χ4n) is 5.91. The van der Waals surface area contributed by atoms with Gasteiger partial charge < -0.3 is 5.11 Å². The summed E-state index contributed by atoms with van der Waals surface area (Å²) < 4.78 is 4.22. The molecular weight excluding hydrogens is 400 g/mol. The van der Waals surface area contributed by atoms with Crippen molar-refractivity contribution in [3.05, 3.63) is 64.7 Å². The van der Waals surface area contributed by atoms with Crippen molar-refractivity contribution < 1.29 is 9.90 Å². The van der Waals surface area contributed by atoms with Crippen LogP contribution in [0.2, 0.25) is 0 Å². The molecule has 6 heteroatoms. The van der Waals surface area contributed by atoms with Gasteiger partial charge in [0.2, 0.25) is 0 Å². The number of aromatic carboxylic acids is 1. The number of hydrogen-bond acceptors (Lipinski definition) is 3. The van der Waals surface area contributed by atoms with Crippen molar-refractivity contribution in [2.75, 3.05) is 0 Å². The number of aromatic nitrogens is 4. The molecule has 0 saturated heterocycles. The average Bonchev–Trinajstić information content (AvgIpc) is 3.41. The van der Waals surface area contributed by atoms with E-state index in [2.05, 4.69) is 40.2 Å². The van der Waals surface area contributed by atoms with Gasteiger partial charge in [0.25, 0.3) is 0 Å². The van der Waals surface area contributed by atoms with Gasteiger partial charge >= 0.3 is 5.97 Å². The van der Waals surface area contributed by atoms with Gasteiger partial charge in [0.15, 0.2) is 0 Å². The zero-order valence-electron chi connectivity index (χ0n) is 18.4. The summed E-state index contributed by atoms with van der Waals surface area (Å²) in [5, 5.41) is 18.9. The minimum Gasteiger partial charge on any atom is -0.478 e. The van der Waals surface area contributed by atoms with Crippen molar-refractivity contribution in [3.63, 3.8) is 0 Å². The molecule has 0 radical (unpaired) electrons. The maximum Gasteiger partial charge on any atom is 0.339 e. The summed E-state index contributed by atoms with van der Waals surface area (Å²) in [6, 6.07) is 9.09. The maximum atomic E-state index is 11.7. The predicted molar refractivity (Wildman–Crippen MR) is 122 cm³/mol. The van der Waals surface area contributed by atoms with Crippen LogP contribution >= 0.6 is 0 Å². The van der Waals surface area contributed by atoms with Gasteiger partial charge in [0, 0.05) is 11.6 Å². The second kappa shape index (κ2) is 7.91. The van der Waals surface area contributed by atoms with E-state index in [1.807, 2.05) is 4.68 Å². The number of benzene rings is 1. The van der Waals surface area contributed by atoms with E-state index in [0.717, 1.165) is 30.6 Å². The highest BCUT2D eigenvalue weighted by molar-refractivity contribution is 5.89. The van der Waals surface area contributed by atoms with Crippen LogP contribution in [-0.2, 0) is 12.8 Å². The van der Waals surface area contributed by atoms with Gasteiger partial charge in [-0.1, -0.05) is 18.6 Å². The molecule has 3 aromatic rings. The van der Waals surface area contributed by atoms with Crippen molar-refractivity contribution >= 4 is 5.97 Å². The Hall–Kier alpha value is -2.89. The average molecular weight is 431 g/mol. The van der Waals surface area contributed by atoms with E-state index in [1.165, 1.54) is 68.0 Å². The van der Waals surface area contributed by atoms with E-state index in [0.29, 0.717) is 23.4 Å². The number of carboxylic acids is 1. The molecule has 0 amide bonds. The van der Waals surface area contributed by atoms with Crippen LogP contribution in [0.15, 0.2) is 36.7 Å². The van der Waals surface area contributed by atoms with Gasteiger partial charge in [-0.2, -0.15) is 10.2 Å². The summed E-state index contributed by atoms with van der Waals surface area (Å²) in [6.45, 7) is 0. The van der Waals surface area contributed by atoms with E-state index in [4.69, 9.17) is 5.10 Å². The van der Waals surface area contributed by atoms with E-state index >= 15 is 0 Å². The molecule has 2 saturated carbocycles. The standard InChI is InChI=1S/C26H30N4O2/c31-26(32)23-16-28-30(25(23)17-11-12-17)22-9-4-7-19(14-22)18-6-3-8-21(13-18)29-24-10-2-1-5-20(24)15-27-29/h4,7,9,14-18,21H,1-3,5-6,8,10-13H2,(H,31,32). The zero-order valence-corrected chi connectivity index (χ0v) is 18.4. The Kier molecular flexibility index (Phi) is 4.89. The Morgan fingerprint density at radius 3 is 2.69 bits per heavy atom. The number of hydrogen-bond donors (Lipinski definition) is 1. The highest BCUT2D eigenvalue weighted by atomic mass is 16.4. The molecule has 32 heavy (non-hydrogen) atoms. The van der Waals surface area contributed by atoms with E-state index in [9.17, 15) is 9.90 Å². The first-order valence-electron chi connectivity index (χ1n) is 12.2. The minimum absolute atomic E-state index is 0.317. The molecule has 3 aliphatic carbocycles. The molecule has 2 fully saturated rings. The van der Waals surface area contributed by atoms with Gasteiger partial charge in [-0.15, -0.1) is 0 Å². The molecule has 166 valence electrons. The second-order valence-corrected chi connectivity index (χ2v) is 9.82. The van der Waals surface area contributed by atoms with Crippen molar-refractivity contribution in [2.24, 2.45) is 0 Å². The Morgan fingerprint density at radius 1 is 0.969 bits per heavy atom. The van der Waals surface area contributed by atoms with Crippen LogP contribution in [0.5, 0.6) is 0 Å². The number of fused-ring (bicyclic) bond motifs is 1. The normalized spacial score (nSPS) is 23.1. The molecule has 0 spiro atoms. The molecule has 0 aliphatic heterocycles. The lowest BCUT2D eigenvalue weighted by Gasteiger charge is -2.31. The predicted octanol–water partition coefficient (Wildman–Crippen LogP) is 5.42. The number of rotatable bonds is 5. The second-order valence-electron chi connectivity index (χ2n) is 9.82.